The van der Waals surface area contributed by atoms with Gasteiger partial charge in [-0.3, -0.25) is 0 Å². The van der Waals surface area contributed by atoms with E-state index in [0.717, 1.165) is 18.7 Å². The van der Waals surface area contributed by atoms with Crippen molar-refractivity contribution in [2.45, 2.75) is 19.4 Å². The van der Waals surface area contributed by atoms with Crippen molar-refractivity contribution in [2.75, 3.05) is 13.6 Å². The lowest BCUT2D eigenvalue weighted by Gasteiger charge is -2.14. The van der Waals surface area contributed by atoms with E-state index in [-0.39, 0.29) is 11.9 Å². The van der Waals surface area contributed by atoms with Gasteiger partial charge in [0, 0.05) is 0 Å². The topological polar surface area (TPSA) is 21.3 Å². The average molecular weight is 197 g/mol. The van der Waals surface area contributed by atoms with Gasteiger partial charge in [0.25, 0.3) is 0 Å². The Bertz CT molecular complexity index is 260. The minimum absolute atomic E-state index is 0.146. The molecule has 0 radical (unpaired) electrons. The molecule has 0 aromatic heterocycles. The van der Waals surface area contributed by atoms with Crippen molar-refractivity contribution in [1.82, 2.24) is 5.32 Å². The highest BCUT2D eigenvalue weighted by molar-refractivity contribution is 5.22. The monoisotopic (exact) mass is 197 g/mol. The van der Waals surface area contributed by atoms with Gasteiger partial charge in [0.05, 0.1) is 6.10 Å². The predicted molar refractivity (Wildman–Crippen MR) is 55.0 cm³/mol. The molecular formula is C11H16FNO. The summed E-state index contributed by atoms with van der Waals surface area (Å²) in [5, 5.41) is 3.05. The molecule has 0 fully saturated rings. The molecule has 1 unspecified atom stereocenters. The molecule has 0 spiro atoms. The maximum absolute atomic E-state index is 12.6. The molecule has 0 bridgehead atoms. The van der Waals surface area contributed by atoms with Crippen molar-refractivity contribution in [2.24, 2.45) is 0 Å². The molecule has 0 aliphatic rings. The van der Waals surface area contributed by atoms with Crippen molar-refractivity contribution in [3.63, 3.8) is 0 Å². The number of hydrogen-bond donors (Lipinski definition) is 1. The van der Waals surface area contributed by atoms with Crippen molar-refractivity contribution in [1.29, 1.82) is 0 Å². The number of halogens is 1. The third-order valence-electron chi connectivity index (χ3n) is 1.95. The van der Waals surface area contributed by atoms with Crippen LogP contribution < -0.4 is 10.1 Å². The lowest BCUT2D eigenvalue weighted by molar-refractivity contribution is 0.211. The van der Waals surface area contributed by atoms with Gasteiger partial charge in [-0.05, 0) is 51.2 Å². The standard InChI is InChI=1S/C11H16FNO/c1-9(7-8-13-2)14-11-5-3-10(12)4-6-11/h3-6,9,13H,7-8H2,1-2H3. The highest BCUT2D eigenvalue weighted by Gasteiger charge is 2.02. The number of ether oxygens (including phenoxy) is 1. The fourth-order valence-electron chi connectivity index (χ4n) is 1.15. The van der Waals surface area contributed by atoms with E-state index in [0.29, 0.717) is 0 Å². The molecule has 78 valence electrons. The Balaban J connectivity index is 2.39. The van der Waals surface area contributed by atoms with Crippen LogP contribution in [-0.4, -0.2) is 19.7 Å². The molecule has 3 heteroatoms. The highest BCUT2D eigenvalue weighted by atomic mass is 19.1. The van der Waals surface area contributed by atoms with Crippen LogP contribution in [0.3, 0.4) is 0 Å². The zero-order chi connectivity index (χ0) is 10.4. The lowest BCUT2D eigenvalue weighted by atomic mass is 10.2. The summed E-state index contributed by atoms with van der Waals surface area (Å²) in [7, 11) is 1.91. The summed E-state index contributed by atoms with van der Waals surface area (Å²) in [5.74, 6) is 0.482. The molecule has 0 amide bonds. The van der Waals surface area contributed by atoms with Gasteiger partial charge in [-0.1, -0.05) is 0 Å². The van der Waals surface area contributed by atoms with Gasteiger partial charge in [0.15, 0.2) is 0 Å². The molecule has 1 N–H and O–H groups in total. The van der Waals surface area contributed by atoms with Crippen LogP contribution in [0.5, 0.6) is 5.75 Å². The van der Waals surface area contributed by atoms with Crippen LogP contribution in [0, 0.1) is 5.82 Å². The third-order valence-corrected chi connectivity index (χ3v) is 1.95. The zero-order valence-corrected chi connectivity index (χ0v) is 8.59. The fourth-order valence-corrected chi connectivity index (χ4v) is 1.15. The SMILES string of the molecule is CNCCC(C)Oc1ccc(F)cc1. The van der Waals surface area contributed by atoms with Crippen molar-refractivity contribution in [3.05, 3.63) is 30.1 Å². The summed E-state index contributed by atoms with van der Waals surface area (Å²) < 4.78 is 18.1. The highest BCUT2D eigenvalue weighted by Crippen LogP contribution is 2.13. The summed E-state index contributed by atoms with van der Waals surface area (Å²) in [6, 6.07) is 6.09. The summed E-state index contributed by atoms with van der Waals surface area (Å²) in [4.78, 5) is 0. The lowest BCUT2D eigenvalue weighted by Crippen LogP contribution is -2.19. The maximum atomic E-state index is 12.6. The number of benzene rings is 1. The Morgan fingerprint density at radius 1 is 1.36 bits per heavy atom. The number of nitrogens with one attached hydrogen (secondary N) is 1. The first-order valence-corrected chi connectivity index (χ1v) is 4.79. The van der Waals surface area contributed by atoms with E-state index >= 15 is 0 Å². The second-order valence-electron chi connectivity index (χ2n) is 3.27. The van der Waals surface area contributed by atoms with E-state index in [2.05, 4.69) is 5.32 Å². The largest absolute Gasteiger partial charge is 0.491 e. The molecule has 14 heavy (non-hydrogen) atoms. The van der Waals surface area contributed by atoms with Gasteiger partial charge in [0.2, 0.25) is 0 Å². The first-order chi connectivity index (χ1) is 6.72. The molecule has 0 saturated carbocycles. The molecule has 1 atom stereocenters. The molecule has 2 nitrogen and oxygen atoms in total. The van der Waals surface area contributed by atoms with E-state index < -0.39 is 0 Å². The van der Waals surface area contributed by atoms with Crippen LogP contribution in [-0.2, 0) is 0 Å². The summed E-state index contributed by atoms with van der Waals surface area (Å²) in [6.45, 7) is 2.92. The Kier molecular flexibility index (Phi) is 4.40. The molecule has 1 rings (SSSR count). The van der Waals surface area contributed by atoms with E-state index in [4.69, 9.17) is 4.74 Å². The smallest absolute Gasteiger partial charge is 0.123 e. The number of rotatable bonds is 5. The first kappa shape index (κ1) is 11.0. The quantitative estimate of drug-likeness (QED) is 0.781. The molecule has 0 aliphatic carbocycles. The Labute approximate surface area is 84.1 Å². The molecule has 0 saturated heterocycles. The summed E-state index contributed by atoms with van der Waals surface area (Å²) in [5.41, 5.74) is 0. The van der Waals surface area contributed by atoms with Crippen molar-refractivity contribution >= 4 is 0 Å². The van der Waals surface area contributed by atoms with E-state index in [1.807, 2.05) is 14.0 Å². The van der Waals surface area contributed by atoms with Gasteiger partial charge >= 0.3 is 0 Å². The molecule has 1 aromatic carbocycles. The van der Waals surface area contributed by atoms with Crippen LogP contribution >= 0.6 is 0 Å². The van der Waals surface area contributed by atoms with Crippen molar-refractivity contribution in [3.8, 4) is 5.75 Å². The molecule has 0 heterocycles. The minimum Gasteiger partial charge on any atom is -0.491 e. The molecular weight excluding hydrogens is 181 g/mol. The van der Waals surface area contributed by atoms with Crippen molar-refractivity contribution < 1.29 is 9.13 Å². The van der Waals surface area contributed by atoms with Gasteiger partial charge in [-0.25, -0.2) is 4.39 Å². The van der Waals surface area contributed by atoms with Gasteiger partial charge in [-0.15, -0.1) is 0 Å². The van der Waals surface area contributed by atoms with Gasteiger partial charge in [0.1, 0.15) is 11.6 Å². The Hall–Kier alpha value is -1.09. The van der Waals surface area contributed by atoms with Gasteiger partial charge < -0.3 is 10.1 Å². The average Bonchev–Trinajstić information content (AvgIpc) is 2.18. The normalized spacial score (nSPS) is 12.5. The molecule has 0 aliphatic heterocycles. The summed E-state index contributed by atoms with van der Waals surface area (Å²) >= 11 is 0. The van der Waals surface area contributed by atoms with Crippen LogP contribution in [0.1, 0.15) is 13.3 Å². The second-order valence-corrected chi connectivity index (χ2v) is 3.27. The van der Waals surface area contributed by atoms with E-state index in [1.165, 1.54) is 12.1 Å². The van der Waals surface area contributed by atoms with Crippen LogP contribution in [0.25, 0.3) is 0 Å². The van der Waals surface area contributed by atoms with Crippen LogP contribution in [0.2, 0.25) is 0 Å². The van der Waals surface area contributed by atoms with Crippen LogP contribution in [0.15, 0.2) is 24.3 Å². The van der Waals surface area contributed by atoms with E-state index in [9.17, 15) is 4.39 Å². The third kappa shape index (κ3) is 3.75. The predicted octanol–water partition coefficient (Wildman–Crippen LogP) is 2.20. The fraction of sp³-hybridized carbons (Fsp3) is 0.455. The Morgan fingerprint density at radius 2 is 2.00 bits per heavy atom. The second kappa shape index (κ2) is 5.60. The molecule has 1 aromatic rings. The van der Waals surface area contributed by atoms with E-state index in [1.54, 1.807) is 12.1 Å². The minimum atomic E-state index is -0.236. The maximum Gasteiger partial charge on any atom is 0.123 e. The first-order valence-electron chi connectivity index (χ1n) is 4.79. The van der Waals surface area contributed by atoms with Gasteiger partial charge in [-0.2, -0.15) is 0 Å². The Morgan fingerprint density at radius 3 is 2.57 bits per heavy atom. The van der Waals surface area contributed by atoms with Crippen LogP contribution in [0.4, 0.5) is 4.39 Å². The summed E-state index contributed by atoms with van der Waals surface area (Å²) in [6.07, 6.45) is 1.08. The zero-order valence-electron chi connectivity index (χ0n) is 8.59. The number of hydrogen-bond acceptors (Lipinski definition) is 2.